The van der Waals surface area contributed by atoms with Crippen molar-refractivity contribution in [3.63, 3.8) is 0 Å². The van der Waals surface area contributed by atoms with Crippen molar-refractivity contribution in [3.05, 3.63) is 54.6 Å². The van der Waals surface area contributed by atoms with Crippen molar-refractivity contribution in [2.24, 2.45) is 10.2 Å². The molecule has 0 spiro atoms. The minimum Gasteiger partial charge on any atom is -0.744 e. The Bertz CT molecular complexity index is 2410. The van der Waals surface area contributed by atoms with E-state index in [1.807, 2.05) is 0 Å². The third kappa shape index (κ3) is 14.8. The van der Waals surface area contributed by atoms with Crippen LogP contribution in [0.5, 0.6) is 5.75 Å². The van der Waals surface area contributed by atoms with Gasteiger partial charge in [-0.1, -0.05) is 31.7 Å². The number of rotatable bonds is 14. The van der Waals surface area contributed by atoms with Gasteiger partial charge in [0.25, 0.3) is 0 Å². The summed E-state index contributed by atoms with van der Waals surface area (Å²) >= 11 is 0. The van der Waals surface area contributed by atoms with Crippen LogP contribution in [0.4, 0.5) is 33.3 Å². The Morgan fingerprint density at radius 3 is 1.98 bits per heavy atom. The second kappa shape index (κ2) is 20.6. The van der Waals surface area contributed by atoms with Crippen LogP contribution in [0, 0.1) is 6.08 Å². The molecule has 4 rings (SSSR count). The average molecular weight is 848 g/mol. The third-order valence-electron chi connectivity index (χ3n) is 6.27. The molecule has 0 fully saturated rings. The van der Waals surface area contributed by atoms with E-state index >= 15 is 0 Å². The maximum atomic E-state index is 14.3. The van der Waals surface area contributed by atoms with E-state index < -0.39 is 103 Å². The summed E-state index contributed by atoms with van der Waals surface area (Å²) in [5.41, 5.74) is -1.33. The van der Waals surface area contributed by atoms with Crippen molar-refractivity contribution in [1.29, 1.82) is 0 Å². The molecule has 0 radical (unpaired) electrons. The number of phenols is 1. The zero-order valence-corrected chi connectivity index (χ0v) is 36.8. The summed E-state index contributed by atoms with van der Waals surface area (Å²) in [6.45, 7) is -1.25. The maximum absolute atomic E-state index is 14.3. The fourth-order valence-electron chi connectivity index (χ4n) is 4.02. The van der Waals surface area contributed by atoms with Crippen LogP contribution in [-0.2, 0) is 44.7 Å². The number of hydrogen-bond acceptors (Lipinski definition) is 20. The summed E-state index contributed by atoms with van der Waals surface area (Å²) in [6, 6.07) is 8.87. The van der Waals surface area contributed by atoms with E-state index in [0.29, 0.717) is 6.07 Å². The normalized spacial score (nSPS) is 11.9. The van der Waals surface area contributed by atoms with Gasteiger partial charge in [-0.3, -0.25) is 4.18 Å². The number of anilines is 3. The number of halogens is 1. The van der Waals surface area contributed by atoms with Gasteiger partial charge in [-0.15, -0.1) is 10.2 Å². The van der Waals surface area contributed by atoms with Gasteiger partial charge in [-0.25, -0.2) is 33.7 Å². The molecule has 0 saturated heterocycles. The van der Waals surface area contributed by atoms with Crippen LogP contribution in [0.25, 0.3) is 10.8 Å². The van der Waals surface area contributed by atoms with Gasteiger partial charge in [0.1, 0.15) is 31.6 Å². The number of aromatic nitrogens is 3. The van der Waals surface area contributed by atoms with Crippen molar-refractivity contribution >= 4 is 80.2 Å². The van der Waals surface area contributed by atoms with Crippen LogP contribution in [0.3, 0.4) is 0 Å². The van der Waals surface area contributed by atoms with Crippen LogP contribution in [0.2, 0.25) is 0 Å². The van der Waals surface area contributed by atoms with E-state index in [-0.39, 0.29) is 119 Å². The fourth-order valence-corrected chi connectivity index (χ4v) is 6.80. The van der Waals surface area contributed by atoms with Crippen LogP contribution in [0.1, 0.15) is 7.43 Å². The first-order chi connectivity index (χ1) is 22.6. The Morgan fingerprint density at radius 2 is 1.40 bits per heavy atom. The van der Waals surface area contributed by atoms with E-state index in [1.54, 1.807) is 0 Å². The first-order valence-electron chi connectivity index (χ1n) is 13.1. The Labute approximate surface area is 370 Å². The molecule has 0 unspecified atom stereocenters. The summed E-state index contributed by atoms with van der Waals surface area (Å²) < 4.78 is 145. The Hall–Kier alpha value is -1.50. The number of aromatic hydroxyl groups is 1. The summed E-state index contributed by atoms with van der Waals surface area (Å²) in [5.74, 6) is -2.94. The van der Waals surface area contributed by atoms with Crippen molar-refractivity contribution in [1.82, 2.24) is 15.0 Å². The molecule has 3 aromatic carbocycles. The predicted molar refractivity (Wildman–Crippen MR) is 170 cm³/mol. The average Bonchev–Trinajstić information content (AvgIpc) is 2.97. The molecule has 20 nitrogen and oxygen atoms in total. The van der Waals surface area contributed by atoms with E-state index in [2.05, 4.69) is 34.7 Å². The van der Waals surface area contributed by atoms with Gasteiger partial charge >= 0.3 is 94.8 Å². The van der Waals surface area contributed by atoms with Crippen LogP contribution < -0.4 is 98.9 Å². The van der Waals surface area contributed by atoms with Gasteiger partial charge < -0.3 is 29.0 Å². The van der Waals surface area contributed by atoms with E-state index in [4.69, 9.17) is 0 Å². The van der Waals surface area contributed by atoms with Crippen LogP contribution in [0.15, 0.2) is 68.6 Å². The number of hydrogen-bond donors (Lipinski definition) is 2. The standard InChI is InChI=1S/C24H24FN7O13S4.CH4.3Na/c1-32(8-10-46(34,35)11-9-45-49(42,43)44)24-28-22(25)27-23(29-24)26-14-6-7-19(47(36,37)38)17(12-14)30-31-18-13-20(48(39,40)41)15-4-2-3-5-16(15)21(18)33;;;;/h2-7,12-13,33H,8-11H2,1H3,(H,36,37,38)(H,39,40,41)(H,42,43,44)(H,26,27,28,29);1H4;;;/q;;3*+1/p-3. The number of sulfone groups is 1. The van der Waals surface area contributed by atoms with E-state index in [1.165, 1.54) is 31.3 Å². The second-order valence-electron chi connectivity index (χ2n) is 9.74. The molecule has 1 aromatic heterocycles. The number of benzene rings is 3. The van der Waals surface area contributed by atoms with Crippen LogP contribution in [-0.4, -0.2) is 99.1 Å². The number of azo groups is 1. The van der Waals surface area contributed by atoms with Crippen molar-refractivity contribution in [2.45, 2.75) is 17.2 Å². The fraction of sp³-hybridized carbons (Fsp3) is 0.240. The summed E-state index contributed by atoms with van der Waals surface area (Å²) in [5, 5.41) is 20.3. The molecule has 0 saturated carbocycles. The van der Waals surface area contributed by atoms with Gasteiger partial charge in [0.05, 0.1) is 27.9 Å². The molecule has 2 N–H and O–H groups in total. The van der Waals surface area contributed by atoms with Gasteiger partial charge in [-0.05, 0) is 24.3 Å². The van der Waals surface area contributed by atoms with E-state index in [9.17, 15) is 56.8 Å². The minimum absolute atomic E-state index is 0. The SMILES string of the molecule is C.CN(CCS(=O)(=O)CCOS(=O)(=O)[O-])c1nc(F)nc(Nc2ccc(S(=O)(=O)[O-])c(N=Nc3cc(S(=O)(=O)[O-])c4ccccc4c3O)c2)n1.[Na+].[Na+].[Na+]. The molecule has 0 aliphatic carbocycles. The van der Waals surface area contributed by atoms with Crippen LogP contribution >= 0.6 is 0 Å². The quantitative estimate of drug-likeness (QED) is 0.0515. The smallest absolute Gasteiger partial charge is 0.744 e. The van der Waals surface area contributed by atoms with Gasteiger partial charge in [0.15, 0.2) is 15.6 Å². The van der Waals surface area contributed by atoms with Gasteiger partial charge in [0, 0.05) is 30.1 Å². The summed E-state index contributed by atoms with van der Waals surface area (Å²) in [4.78, 5) is 10.3. The molecule has 272 valence electrons. The van der Waals surface area contributed by atoms with Crippen molar-refractivity contribution < 1.29 is 150 Å². The maximum Gasteiger partial charge on any atom is 1.00 e. The number of phenolic OH excluding ortho intramolecular Hbond substituents is 1. The molecule has 0 atom stereocenters. The number of nitrogens with zero attached hydrogens (tertiary/aromatic N) is 6. The molecule has 4 aromatic rings. The number of fused-ring (bicyclic) bond motifs is 1. The predicted octanol–water partition coefficient (Wildman–Crippen LogP) is -7.19. The van der Waals surface area contributed by atoms with Gasteiger partial charge in [-0.2, -0.15) is 19.3 Å². The summed E-state index contributed by atoms with van der Waals surface area (Å²) in [6.07, 6.45) is -1.34. The molecule has 0 aliphatic heterocycles. The van der Waals surface area contributed by atoms with Crippen molar-refractivity contribution in [3.8, 4) is 5.75 Å². The second-order valence-corrected chi connectivity index (χ2v) is 15.8. The van der Waals surface area contributed by atoms with Crippen molar-refractivity contribution in [2.75, 3.05) is 41.9 Å². The zero-order chi connectivity index (χ0) is 36.4. The van der Waals surface area contributed by atoms with E-state index in [0.717, 1.165) is 23.1 Å². The Balaban J connectivity index is 0.00000676. The summed E-state index contributed by atoms with van der Waals surface area (Å²) in [7, 11) is -18.1. The third-order valence-corrected chi connectivity index (χ3v) is 10.1. The first-order valence-corrected chi connectivity index (χ1v) is 19.0. The molecular weight excluding hydrogens is 823 g/mol. The molecule has 28 heteroatoms. The monoisotopic (exact) mass is 847 g/mol. The molecular formula is C25H25FN7Na3O13S4. The molecule has 1 heterocycles. The molecule has 0 bridgehead atoms. The Kier molecular flexibility index (Phi) is 20.0. The van der Waals surface area contributed by atoms with Gasteiger partial charge in [0.2, 0.25) is 22.3 Å². The topological polar surface area (TPSA) is 314 Å². The largest absolute Gasteiger partial charge is 1.00 e. The molecule has 0 amide bonds. The zero-order valence-electron chi connectivity index (χ0n) is 27.5. The Morgan fingerprint density at radius 1 is 0.811 bits per heavy atom. The first kappa shape index (κ1) is 51.5. The minimum atomic E-state index is -5.21. The number of nitrogens with one attached hydrogen (secondary N) is 1. The molecule has 53 heavy (non-hydrogen) atoms. The molecule has 0 aliphatic rings.